The van der Waals surface area contributed by atoms with Gasteiger partial charge >= 0.3 is 11.9 Å². The normalized spacial score (nSPS) is 25.0. The number of phenols is 1. The minimum absolute atomic E-state index is 0.0522. The van der Waals surface area contributed by atoms with Crippen LogP contribution in [0, 0.1) is 22.2 Å². The van der Waals surface area contributed by atoms with Gasteiger partial charge in [-0.15, -0.1) is 0 Å². The molecule has 1 aromatic rings. The summed E-state index contributed by atoms with van der Waals surface area (Å²) in [6.45, 7) is 18.0. The molecule has 2 fully saturated rings. The Bertz CT molecular complexity index is 1080. The van der Waals surface area contributed by atoms with Crippen LogP contribution in [-0.2, 0) is 23.8 Å². The molecule has 38 heavy (non-hydrogen) atoms. The molecule has 1 aromatic carbocycles. The Morgan fingerprint density at radius 1 is 1.21 bits per heavy atom. The first-order valence-electron chi connectivity index (χ1n) is 13.3. The summed E-state index contributed by atoms with van der Waals surface area (Å²) < 4.78 is 22.5. The lowest BCUT2D eigenvalue weighted by molar-refractivity contribution is -0.146. The molecule has 0 spiro atoms. The molecule has 7 heteroatoms. The van der Waals surface area contributed by atoms with Gasteiger partial charge in [-0.3, -0.25) is 0 Å². The molecule has 4 unspecified atom stereocenters. The highest BCUT2D eigenvalue weighted by Crippen LogP contribution is 2.66. The third kappa shape index (κ3) is 6.25. The zero-order valence-corrected chi connectivity index (χ0v) is 23.4. The number of hydrogen-bond donors (Lipinski definition) is 1. The maximum absolute atomic E-state index is 12.5. The van der Waals surface area contributed by atoms with Gasteiger partial charge in [-0.2, -0.15) is 0 Å². The van der Waals surface area contributed by atoms with Crippen LogP contribution in [0.1, 0.15) is 65.9 Å². The third-order valence-corrected chi connectivity index (χ3v) is 8.90. The predicted octanol–water partition coefficient (Wildman–Crippen LogP) is 6.22. The van der Waals surface area contributed by atoms with Crippen molar-refractivity contribution in [2.24, 2.45) is 22.2 Å². The van der Waals surface area contributed by atoms with Crippen molar-refractivity contribution >= 4 is 18.0 Å². The summed E-state index contributed by atoms with van der Waals surface area (Å²) in [5, 5.41) is 10.6. The monoisotopic (exact) mass is 526 g/mol. The van der Waals surface area contributed by atoms with Crippen molar-refractivity contribution in [3.8, 4) is 11.5 Å². The van der Waals surface area contributed by atoms with Gasteiger partial charge in [0.05, 0.1) is 18.3 Å². The van der Waals surface area contributed by atoms with Crippen LogP contribution >= 0.6 is 0 Å². The maximum Gasteiger partial charge on any atom is 0.333 e. The van der Waals surface area contributed by atoms with Crippen molar-refractivity contribution < 1.29 is 33.6 Å². The average molecular weight is 527 g/mol. The lowest BCUT2D eigenvalue weighted by atomic mass is 9.71. The van der Waals surface area contributed by atoms with E-state index >= 15 is 0 Å². The largest absolute Gasteiger partial charge is 0.504 e. The molecule has 0 amide bonds. The van der Waals surface area contributed by atoms with Gasteiger partial charge in [0.1, 0.15) is 19.3 Å². The smallest absolute Gasteiger partial charge is 0.333 e. The molecule has 0 aliphatic heterocycles. The highest BCUT2D eigenvalue weighted by Gasteiger charge is 2.61. The molecule has 2 aliphatic carbocycles. The van der Waals surface area contributed by atoms with E-state index in [9.17, 15) is 14.7 Å². The van der Waals surface area contributed by atoms with E-state index in [2.05, 4.69) is 33.9 Å². The number of rotatable bonds is 13. The minimum Gasteiger partial charge on any atom is -0.504 e. The Morgan fingerprint density at radius 3 is 2.50 bits per heavy atom. The highest BCUT2D eigenvalue weighted by molar-refractivity contribution is 5.87. The Hall–Kier alpha value is -3.22. The van der Waals surface area contributed by atoms with Crippen molar-refractivity contribution in [2.75, 3.05) is 19.8 Å². The van der Waals surface area contributed by atoms with Crippen LogP contribution in [0.2, 0.25) is 0 Å². The summed E-state index contributed by atoms with van der Waals surface area (Å²) in [6.07, 6.45) is 8.07. The molecular formula is C31H42O7. The van der Waals surface area contributed by atoms with E-state index in [1.54, 1.807) is 25.1 Å². The first-order chi connectivity index (χ1) is 17.9. The van der Waals surface area contributed by atoms with Gasteiger partial charge in [0.2, 0.25) is 0 Å². The fourth-order valence-corrected chi connectivity index (χ4v) is 5.68. The van der Waals surface area contributed by atoms with Crippen molar-refractivity contribution in [1.29, 1.82) is 0 Å². The quantitative estimate of drug-likeness (QED) is 0.185. The molecular weight excluding hydrogens is 484 g/mol. The van der Waals surface area contributed by atoms with Crippen molar-refractivity contribution in [1.82, 2.24) is 0 Å². The number of phenolic OH excluding ortho intramolecular Hbond substituents is 1. The molecule has 0 heterocycles. The molecule has 4 atom stereocenters. The molecule has 0 aromatic heterocycles. The van der Waals surface area contributed by atoms with Gasteiger partial charge < -0.3 is 24.1 Å². The second kappa shape index (κ2) is 11.7. The van der Waals surface area contributed by atoms with Gasteiger partial charge in [0.15, 0.2) is 11.5 Å². The van der Waals surface area contributed by atoms with Gasteiger partial charge in [0.25, 0.3) is 0 Å². The number of fused-ring (bicyclic) bond motifs is 2. The molecule has 208 valence electrons. The number of carbonyl (C=O) groups excluding carboxylic acids is 2. The summed E-state index contributed by atoms with van der Waals surface area (Å²) in [5.41, 5.74) is 0.675. The second-order valence-electron chi connectivity index (χ2n) is 11.6. The van der Waals surface area contributed by atoms with Crippen LogP contribution in [0.5, 0.6) is 11.5 Å². The van der Waals surface area contributed by atoms with Crippen molar-refractivity contribution in [3.05, 3.63) is 54.8 Å². The van der Waals surface area contributed by atoms with E-state index in [-0.39, 0.29) is 54.2 Å². The van der Waals surface area contributed by atoms with Gasteiger partial charge in [-0.25, -0.2) is 9.59 Å². The standard InChI is InChI=1S/C31H42O7/c1-8-31(18-35-9-2,20-37-28(34)21(3)4)19-36-25-12-10-22(16-24(25)32)11-13-27(33)38-26-17-30(7)15-14-23(26)29(30,5)6/h9-13,16,23,26,32H,2-3,8,14-15,17-20H2,1,4-7H3/b13-11+. The molecule has 2 saturated carbocycles. The fraction of sp³-hybridized carbons (Fsp3) is 0.548. The van der Waals surface area contributed by atoms with Crippen molar-refractivity contribution in [3.63, 3.8) is 0 Å². The zero-order valence-electron chi connectivity index (χ0n) is 23.4. The van der Waals surface area contributed by atoms with Crippen LogP contribution in [0.15, 0.2) is 49.3 Å². The number of hydrogen-bond acceptors (Lipinski definition) is 7. The number of ether oxygens (including phenoxy) is 4. The number of benzene rings is 1. The van der Waals surface area contributed by atoms with Crippen LogP contribution in [-0.4, -0.2) is 43.0 Å². The summed E-state index contributed by atoms with van der Waals surface area (Å²) in [4.78, 5) is 24.5. The van der Waals surface area contributed by atoms with Crippen molar-refractivity contribution in [2.45, 2.75) is 66.4 Å². The maximum atomic E-state index is 12.5. The molecule has 3 rings (SSSR count). The SMILES string of the molecule is C=COCC(CC)(COC(=O)C(=C)C)COc1ccc(/C=C/C(=O)OC2CC3(C)CCC2C3(C)C)cc1O. The molecule has 0 radical (unpaired) electrons. The number of esters is 2. The first kappa shape index (κ1) is 29.3. The molecule has 7 nitrogen and oxygen atoms in total. The second-order valence-corrected chi connectivity index (χ2v) is 11.6. The third-order valence-electron chi connectivity index (χ3n) is 8.90. The molecule has 1 N–H and O–H groups in total. The molecule has 2 bridgehead atoms. The van der Waals surface area contributed by atoms with E-state index in [1.807, 2.05) is 6.92 Å². The Labute approximate surface area is 226 Å². The average Bonchev–Trinajstić information content (AvgIpc) is 3.21. The number of carbonyl (C=O) groups is 2. The van der Waals surface area contributed by atoms with Crippen LogP contribution in [0.3, 0.4) is 0 Å². The topological polar surface area (TPSA) is 91.3 Å². The summed E-state index contributed by atoms with van der Waals surface area (Å²) >= 11 is 0. The van der Waals surface area contributed by atoms with Crippen LogP contribution in [0.4, 0.5) is 0 Å². The van der Waals surface area contributed by atoms with E-state index in [0.717, 1.165) is 12.8 Å². The fourth-order valence-electron chi connectivity index (χ4n) is 5.68. The lowest BCUT2D eigenvalue weighted by Gasteiger charge is -2.33. The van der Waals surface area contributed by atoms with E-state index < -0.39 is 11.4 Å². The summed E-state index contributed by atoms with van der Waals surface area (Å²) in [7, 11) is 0. The van der Waals surface area contributed by atoms with Crippen LogP contribution < -0.4 is 4.74 Å². The van der Waals surface area contributed by atoms with E-state index in [4.69, 9.17) is 18.9 Å². The summed E-state index contributed by atoms with van der Waals surface area (Å²) in [6, 6.07) is 4.90. The predicted molar refractivity (Wildman–Crippen MR) is 146 cm³/mol. The Kier molecular flexibility index (Phi) is 9.01. The first-order valence-corrected chi connectivity index (χ1v) is 13.3. The summed E-state index contributed by atoms with van der Waals surface area (Å²) in [5.74, 6) is -0.276. The lowest BCUT2D eigenvalue weighted by Crippen LogP contribution is -2.38. The Morgan fingerprint density at radius 2 is 1.95 bits per heavy atom. The Balaban J connectivity index is 1.60. The van der Waals surface area contributed by atoms with Gasteiger partial charge in [0, 0.05) is 17.6 Å². The minimum atomic E-state index is -0.653. The van der Waals surface area contributed by atoms with Gasteiger partial charge in [-0.05, 0) is 67.2 Å². The highest BCUT2D eigenvalue weighted by atomic mass is 16.5. The van der Waals surface area contributed by atoms with Gasteiger partial charge in [-0.1, -0.05) is 46.9 Å². The van der Waals surface area contributed by atoms with Crippen LogP contribution in [0.25, 0.3) is 6.08 Å². The molecule has 0 saturated heterocycles. The zero-order chi connectivity index (χ0) is 28.1. The number of aromatic hydroxyl groups is 1. The molecule has 2 aliphatic rings. The van der Waals surface area contributed by atoms with E-state index in [1.165, 1.54) is 24.8 Å². The van der Waals surface area contributed by atoms with E-state index in [0.29, 0.717) is 23.5 Å².